The van der Waals surface area contributed by atoms with Crippen LogP contribution in [0, 0.1) is 6.92 Å². The lowest BCUT2D eigenvalue weighted by Crippen LogP contribution is -2.46. The fourth-order valence-corrected chi connectivity index (χ4v) is 5.42. The van der Waals surface area contributed by atoms with E-state index < -0.39 is 23.7 Å². The van der Waals surface area contributed by atoms with Crippen LogP contribution < -0.4 is 32.1 Å². The van der Waals surface area contributed by atoms with Crippen LogP contribution in [0.5, 0.6) is 0 Å². The van der Waals surface area contributed by atoms with Gasteiger partial charge >= 0.3 is 12.3 Å². The fraction of sp³-hybridized carbons (Fsp3) is 0.345. The molecule has 0 spiro atoms. The number of carbonyl (C=O) groups is 2. The van der Waals surface area contributed by atoms with Crippen LogP contribution in [0.1, 0.15) is 28.4 Å². The van der Waals surface area contributed by atoms with Crippen molar-refractivity contribution < 1.29 is 27.5 Å². The van der Waals surface area contributed by atoms with Crippen LogP contribution in [-0.4, -0.2) is 67.7 Å². The molecular weight excluding hydrogens is 597 g/mol. The van der Waals surface area contributed by atoms with E-state index in [2.05, 4.69) is 25.3 Å². The summed E-state index contributed by atoms with van der Waals surface area (Å²) in [5.74, 6) is 6.11. The van der Waals surface area contributed by atoms with Gasteiger partial charge in [-0.05, 0) is 49.4 Å². The predicted molar refractivity (Wildman–Crippen MR) is 167 cm³/mol. The molecule has 2 aromatic rings. The zero-order valence-electron chi connectivity index (χ0n) is 24.6. The molecule has 2 amide bonds. The Hall–Kier alpha value is -4.21. The number of thioether (sulfide) groups is 1. The van der Waals surface area contributed by atoms with E-state index >= 15 is 0 Å². The van der Waals surface area contributed by atoms with Crippen molar-refractivity contribution in [1.29, 1.82) is 0 Å². The molecule has 1 fully saturated rings. The van der Waals surface area contributed by atoms with Crippen LogP contribution in [0.3, 0.4) is 0 Å². The molecule has 0 aliphatic carbocycles. The molecule has 11 nitrogen and oxygen atoms in total. The molecule has 2 aliphatic heterocycles. The molecule has 0 radical (unpaired) electrons. The van der Waals surface area contributed by atoms with Crippen molar-refractivity contribution in [3.8, 4) is 0 Å². The number of methoxy groups -OCH3 is 1. The summed E-state index contributed by atoms with van der Waals surface area (Å²) in [7, 11) is 1.25. The van der Waals surface area contributed by atoms with E-state index in [0.717, 1.165) is 37.3 Å². The summed E-state index contributed by atoms with van der Waals surface area (Å²) in [6.45, 7) is 7.37. The van der Waals surface area contributed by atoms with Gasteiger partial charge in [-0.15, -0.1) is 0 Å². The average molecular weight is 633 g/mol. The first-order valence-corrected chi connectivity index (χ1v) is 14.7. The average Bonchev–Trinajstić information content (AvgIpc) is 3.00. The summed E-state index contributed by atoms with van der Waals surface area (Å²) < 4.78 is 45.9. The highest BCUT2D eigenvalue weighted by molar-refractivity contribution is 8.14. The Morgan fingerprint density at radius 1 is 1.14 bits per heavy atom. The van der Waals surface area contributed by atoms with E-state index in [1.54, 1.807) is 25.1 Å². The minimum absolute atomic E-state index is 0.0389. The summed E-state index contributed by atoms with van der Waals surface area (Å²) in [5.41, 5.74) is 8.20. The van der Waals surface area contributed by atoms with Gasteiger partial charge in [-0.1, -0.05) is 24.8 Å². The van der Waals surface area contributed by atoms with E-state index in [1.807, 2.05) is 11.8 Å². The molecule has 236 valence electrons. The maximum absolute atomic E-state index is 13.8. The van der Waals surface area contributed by atoms with Gasteiger partial charge in [0, 0.05) is 66.8 Å². The number of nitrogens with zero attached hydrogens (tertiary/aromatic N) is 4. The van der Waals surface area contributed by atoms with Gasteiger partial charge in [0.05, 0.1) is 24.1 Å². The summed E-state index contributed by atoms with van der Waals surface area (Å²) >= 11 is 1.25. The van der Waals surface area contributed by atoms with E-state index in [4.69, 9.17) is 11.6 Å². The Labute approximate surface area is 257 Å². The SMILES string of the molecule is CCN1CCN(c2cc(NC(=O)c3ccc(C)c(N(N)/C=C(\N)C4=CN=C(NC(=O)OC)SC4)c3)cc(C(F)(F)F)c2)CC1. The second-order valence-corrected chi connectivity index (χ2v) is 11.1. The lowest BCUT2D eigenvalue weighted by atomic mass is 10.1. The number of nitrogens with two attached hydrogens (primary N) is 2. The molecule has 44 heavy (non-hydrogen) atoms. The van der Waals surface area contributed by atoms with Crippen molar-refractivity contribution in [2.24, 2.45) is 16.6 Å². The second-order valence-electron chi connectivity index (χ2n) is 10.1. The molecule has 1 saturated heterocycles. The molecule has 0 saturated carbocycles. The number of aryl methyl sites for hydroxylation is 1. The lowest BCUT2D eigenvalue weighted by Gasteiger charge is -2.36. The number of benzene rings is 2. The highest BCUT2D eigenvalue weighted by Crippen LogP contribution is 2.35. The molecular formula is C29H35F3N8O3S. The predicted octanol–water partition coefficient (Wildman–Crippen LogP) is 4.23. The lowest BCUT2D eigenvalue weighted by molar-refractivity contribution is -0.137. The van der Waals surface area contributed by atoms with Crippen molar-refractivity contribution in [3.05, 3.63) is 76.8 Å². The summed E-state index contributed by atoms with van der Waals surface area (Å²) in [4.78, 5) is 32.9. The van der Waals surface area contributed by atoms with Gasteiger partial charge in [-0.2, -0.15) is 13.2 Å². The van der Waals surface area contributed by atoms with Crippen molar-refractivity contribution >= 4 is 46.0 Å². The number of anilines is 3. The standard InChI is InChI=1S/C29H35F3N8O3S/c1-4-38-7-9-39(10-8-38)23-13-21(29(30,31)32)12-22(14-23)36-26(41)19-6-5-18(2)25(11-19)40(34)16-24(33)20-15-35-27(44-17-20)37-28(42)43-3/h5-6,11-16H,4,7-10,17,33-34H2,1-3H3,(H,36,41)(H,35,37,42)/b24-16-. The molecule has 0 unspecified atom stereocenters. The quantitative estimate of drug-likeness (QED) is 0.261. The van der Waals surface area contributed by atoms with Crippen molar-refractivity contribution in [1.82, 2.24) is 10.2 Å². The Morgan fingerprint density at radius 2 is 1.86 bits per heavy atom. The first-order valence-electron chi connectivity index (χ1n) is 13.8. The smallest absolute Gasteiger partial charge is 0.416 e. The number of amidine groups is 1. The van der Waals surface area contributed by atoms with E-state index in [9.17, 15) is 22.8 Å². The maximum Gasteiger partial charge on any atom is 0.416 e. The minimum Gasteiger partial charge on any atom is -0.453 e. The Bertz CT molecular complexity index is 1490. The van der Waals surface area contributed by atoms with Crippen LogP contribution in [0.2, 0.25) is 0 Å². The van der Waals surface area contributed by atoms with Crippen LogP contribution in [0.4, 0.5) is 35.0 Å². The third-order valence-electron chi connectivity index (χ3n) is 7.18. The van der Waals surface area contributed by atoms with Gasteiger partial charge in [0.25, 0.3) is 5.91 Å². The summed E-state index contributed by atoms with van der Waals surface area (Å²) in [5, 5.41) is 6.74. The first kappa shape index (κ1) is 32.7. The number of carbonyl (C=O) groups excluding carboxylic acids is 2. The Balaban J connectivity index is 1.52. The second kappa shape index (κ2) is 14.1. The van der Waals surface area contributed by atoms with Gasteiger partial charge in [-0.25, -0.2) is 15.6 Å². The van der Waals surface area contributed by atoms with E-state index in [0.29, 0.717) is 46.7 Å². The van der Waals surface area contributed by atoms with Gasteiger partial charge in [0.1, 0.15) is 0 Å². The number of nitrogens with one attached hydrogen (secondary N) is 2. The molecule has 2 aliphatic rings. The van der Waals surface area contributed by atoms with E-state index in [1.165, 1.54) is 42.3 Å². The number of likely N-dealkylation sites (N-methyl/N-ethyl adjacent to an activating group) is 1. The van der Waals surface area contributed by atoms with Crippen molar-refractivity contribution in [3.63, 3.8) is 0 Å². The number of halogens is 3. The number of piperazine rings is 1. The third kappa shape index (κ3) is 8.24. The Morgan fingerprint density at radius 3 is 2.48 bits per heavy atom. The number of rotatable bonds is 7. The number of hydrazine groups is 1. The number of hydrogen-bond acceptors (Lipinski definition) is 10. The number of allylic oxidation sites excluding steroid dienone is 1. The monoisotopic (exact) mass is 632 g/mol. The van der Waals surface area contributed by atoms with Gasteiger partial charge in [0.15, 0.2) is 5.17 Å². The maximum atomic E-state index is 13.8. The number of aliphatic imine (C=N–C) groups is 1. The van der Waals surface area contributed by atoms with Crippen LogP contribution in [-0.2, 0) is 10.9 Å². The van der Waals surface area contributed by atoms with Crippen molar-refractivity contribution in [2.45, 2.75) is 20.0 Å². The molecule has 2 aromatic carbocycles. The highest BCUT2D eigenvalue weighted by atomic mass is 32.2. The molecule has 0 bridgehead atoms. The number of alkyl carbamates (subject to hydrolysis) is 1. The normalized spacial score (nSPS) is 16.2. The van der Waals surface area contributed by atoms with Gasteiger partial charge < -0.3 is 25.6 Å². The fourth-order valence-electron chi connectivity index (χ4n) is 4.61. The number of alkyl halides is 3. The molecule has 2 heterocycles. The molecule has 4 rings (SSSR count). The number of amides is 2. The van der Waals surface area contributed by atoms with Gasteiger partial charge in [-0.3, -0.25) is 15.1 Å². The first-order chi connectivity index (χ1) is 20.9. The summed E-state index contributed by atoms with van der Waals surface area (Å²) in [6.07, 6.45) is -2.24. The van der Waals surface area contributed by atoms with E-state index in [-0.39, 0.29) is 11.3 Å². The van der Waals surface area contributed by atoms with Gasteiger partial charge in [0.2, 0.25) is 0 Å². The van der Waals surface area contributed by atoms with Crippen LogP contribution >= 0.6 is 11.8 Å². The molecule has 0 aromatic heterocycles. The van der Waals surface area contributed by atoms with Crippen molar-refractivity contribution in [2.75, 3.05) is 60.8 Å². The minimum atomic E-state index is -4.58. The molecule has 15 heteroatoms. The topological polar surface area (TPSA) is 142 Å². The number of hydrogen-bond donors (Lipinski definition) is 4. The zero-order chi connectivity index (χ0) is 32.0. The largest absolute Gasteiger partial charge is 0.453 e. The third-order valence-corrected chi connectivity index (χ3v) is 8.12. The van der Waals surface area contributed by atoms with Crippen LogP contribution in [0.25, 0.3) is 0 Å². The number of ether oxygens (including phenoxy) is 1. The Kier molecular flexibility index (Phi) is 10.4. The highest BCUT2D eigenvalue weighted by Gasteiger charge is 2.32. The summed E-state index contributed by atoms with van der Waals surface area (Å²) in [6, 6.07) is 8.40. The molecule has 6 N–H and O–H groups in total. The zero-order valence-corrected chi connectivity index (χ0v) is 25.4. The molecule has 0 atom stereocenters. The van der Waals surface area contributed by atoms with Crippen LogP contribution in [0.15, 0.2) is 65.1 Å².